The summed E-state index contributed by atoms with van der Waals surface area (Å²) in [6, 6.07) is 5.51. The van der Waals surface area contributed by atoms with Crippen LogP contribution in [-0.4, -0.2) is 14.7 Å². The molecule has 0 aliphatic heterocycles. The normalized spacial score (nSPS) is 33.7. The van der Waals surface area contributed by atoms with E-state index in [1.165, 1.54) is 5.56 Å². The van der Waals surface area contributed by atoms with Gasteiger partial charge in [0.2, 0.25) is 0 Å². The van der Waals surface area contributed by atoms with E-state index < -0.39 is 10.3 Å². The van der Waals surface area contributed by atoms with Crippen molar-refractivity contribution >= 4 is 16.6 Å². The second kappa shape index (κ2) is 5.68. The lowest BCUT2D eigenvalue weighted by Crippen LogP contribution is -2.41. The number of rotatable bonds is 3. The van der Waals surface area contributed by atoms with Gasteiger partial charge < -0.3 is 4.18 Å². The molecule has 1 saturated carbocycles. The van der Waals surface area contributed by atoms with Gasteiger partial charge in [-0.25, -0.2) is 0 Å². The first-order valence-corrected chi connectivity index (χ1v) is 10.3. The van der Waals surface area contributed by atoms with E-state index >= 15 is 0 Å². The molecule has 1 aromatic carbocycles. The molecule has 0 spiro atoms. The van der Waals surface area contributed by atoms with Crippen molar-refractivity contribution in [3.63, 3.8) is 0 Å². The number of nitrogens with two attached hydrogens (primary N) is 1. The molecule has 0 saturated heterocycles. The smallest absolute Gasteiger partial charge is 0.371 e. The summed E-state index contributed by atoms with van der Waals surface area (Å²) in [5, 5.41) is 4.96. The Morgan fingerprint density at radius 3 is 2.84 bits per heavy atom. The van der Waals surface area contributed by atoms with E-state index in [4.69, 9.17) is 9.32 Å². The summed E-state index contributed by atoms with van der Waals surface area (Å²) < 4.78 is 27.1. The summed E-state index contributed by atoms with van der Waals surface area (Å²) in [5.41, 5.74) is 3.47. The first-order valence-electron chi connectivity index (χ1n) is 8.83. The molecular formula is C19H23NO4S. The van der Waals surface area contributed by atoms with Gasteiger partial charge in [0.25, 0.3) is 0 Å². The van der Waals surface area contributed by atoms with Crippen molar-refractivity contribution in [2.75, 3.05) is 0 Å². The minimum absolute atomic E-state index is 0.0249. The molecule has 1 fully saturated rings. The van der Waals surface area contributed by atoms with E-state index in [9.17, 15) is 13.2 Å². The molecule has 4 rings (SSSR count). The van der Waals surface area contributed by atoms with Gasteiger partial charge in [0.05, 0.1) is 0 Å². The molecule has 0 radical (unpaired) electrons. The zero-order chi connectivity index (χ0) is 17.8. The van der Waals surface area contributed by atoms with Crippen LogP contribution in [0.25, 0.3) is 0 Å². The van der Waals surface area contributed by atoms with Gasteiger partial charge in [0, 0.05) is 0 Å². The summed E-state index contributed by atoms with van der Waals surface area (Å²) >= 11 is 0. The molecule has 3 aliphatic carbocycles. The van der Waals surface area contributed by atoms with Crippen LogP contribution in [0.1, 0.15) is 49.7 Å². The summed E-state index contributed by atoms with van der Waals surface area (Å²) in [6.45, 7) is 2.25. The first-order chi connectivity index (χ1) is 11.8. The van der Waals surface area contributed by atoms with Gasteiger partial charge in [-0.15, -0.1) is 0 Å². The van der Waals surface area contributed by atoms with Gasteiger partial charge in [-0.3, -0.25) is 4.79 Å². The van der Waals surface area contributed by atoms with E-state index in [0.29, 0.717) is 17.8 Å². The highest BCUT2D eigenvalue weighted by molar-refractivity contribution is 7.84. The van der Waals surface area contributed by atoms with Crippen LogP contribution < -0.4 is 9.32 Å². The van der Waals surface area contributed by atoms with Crippen molar-refractivity contribution in [3.05, 3.63) is 41.0 Å². The van der Waals surface area contributed by atoms with Crippen molar-refractivity contribution in [3.8, 4) is 5.75 Å². The summed E-state index contributed by atoms with van der Waals surface area (Å²) in [6.07, 6.45) is 8.24. The van der Waals surface area contributed by atoms with Gasteiger partial charge in [-0.2, -0.15) is 13.6 Å². The molecule has 6 heteroatoms. The van der Waals surface area contributed by atoms with Gasteiger partial charge in [-0.05, 0) is 84.1 Å². The van der Waals surface area contributed by atoms with E-state index in [1.807, 2.05) is 12.1 Å². The van der Waals surface area contributed by atoms with Crippen molar-refractivity contribution in [2.24, 2.45) is 22.4 Å². The van der Waals surface area contributed by atoms with Crippen LogP contribution in [0.3, 0.4) is 0 Å². The maximum Gasteiger partial charge on any atom is 0.380 e. The topological polar surface area (TPSA) is 86.5 Å². The highest BCUT2D eigenvalue weighted by atomic mass is 32.2. The minimum Gasteiger partial charge on any atom is -0.371 e. The molecule has 1 aromatic rings. The van der Waals surface area contributed by atoms with Crippen LogP contribution >= 0.6 is 0 Å². The molecule has 3 aliphatic rings. The van der Waals surface area contributed by atoms with Crippen LogP contribution in [0.15, 0.2) is 29.8 Å². The highest BCUT2D eigenvalue weighted by Crippen LogP contribution is 2.60. The van der Waals surface area contributed by atoms with Crippen molar-refractivity contribution in [1.82, 2.24) is 0 Å². The number of carbonyl (C=O) groups excluding carboxylic acids is 1. The predicted molar refractivity (Wildman–Crippen MR) is 94.3 cm³/mol. The average Bonchev–Trinajstić information content (AvgIpc) is 2.89. The Morgan fingerprint density at radius 1 is 1.32 bits per heavy atom. The van der Waals surface area contributed by atoms with Crippen LogP contribution in [0.2, 0.25) is 0 Å². The lowest BCUT2D eigenvalue weighted by Gasteiger charge is -2.49. The number of carbonyl (C=O) groups is 1. The number of aryl methyl sites for hydroxylation is 1. The maximum atomic E-state index is 11.4. The maximum absolute atomic E-state index is 11.4. The lowest BCUT2D eigenvalue weighted by molar-refractivity contribution is -0.106. The van der Waals surface area contributed by atoms with Crippen molar-refractivity contribution < 1.29 is 17.4 Å². The summed E-state index contributed by atoms with van der Waals surface area (Å²) in [5.74, 6) is 1.86. The fourth-order valence-electron chi connectivity index (χ4n) is 5.53. The van der Waals surface area contributed by atoms with Gasteiger partial charge in [0.15, 0.2) is 0 Å². The van der Waals surface area contributed by atoms with E-state index in [-0.39, 0.29) is 11.2 Å². The molecule has 4 atom stereocenters. The molecular weight excluding hydrogens is 338 g/mol. The standard InChI is InChI=1S/C19H23NO4S/c1-19-9-8-16-15-6-4-14(24-25(20,22)23)10-12(15)2-5-17(16)18(19)7-3-13(19)11-21/h3-4,6,10-11,16-18H,2,5,7-9H2,1H3,(H2,20,22,23)/t16-,17-,18+,19-/m1/s1. The fourth-order valence-corrected chi connectivity index (χ4v) is 5.90. The van der Waals surface area contributed by atoms with E-state index in [0.717, 1.165) is 49.5 Å². The molecule has 25 heavy (non-hydrogen) atoms. The van der Waals surface area contributed by atoms with E-state index in [2.05, 4.69) is 13.0 Å². The third-order valence-electron chi connectivity index (χ3n) is 6.68. The second-order valence-corrected chi connectivity index (χ2v) is 8.97. The zero-order valence-electron chi connectivity index (χ0n) is 14.3. The van der Waals surface area contributed by atoms with Gasteiger partial charge in [0.1, 0.15) is 12.0 Å². The Labute approximate surface area is 148 Å². The van der Waals surface area contributed by atoms with Gasteiger partial charge >= 0.3 is 10.3 Å². The molecule has 0 heterocycles. The number of benzene rings is 1. The molecule has 2 N–H and O–H groups in total. The van der Waals surface area contributed by atoms with E-state index in [1.54, 1.807) is 6.07 Å². The predicted octanol–water partition coefficient (Wildman–Crippen LogP) is 2.86. The lowest BCUT2D eigenvalue weighted by atomic mass is 9.54. The van der Waals surface area contributed by atoms with Crippen molar-refractivity contribution in [2.45, 2.75) is 44.9 Å². The zero-order valence-corrected chi connectivity index (χ0v) is 15.1. The SMILES string of the molecule is C[C@]12CC[C@@H]3c4ccc(OS(N)(=O)=O)cc4CC[C@H]3[C@@H]1CC=C2C=O. The number of hydrogen-bond donors (Lipinski definition) is 1. The van der Waals surface area contributed by atoms with Crippen LogP contribution in [0.4, 0.5) is 0 Å². The average molecular weight is 361 g/mol. The van der Waals surface area contributed by atoms with Gasteiger partial charge in [-0.1, -0.05) is 19.1 Å². The molecule has 0 aromatic heterocycles. The van der Waals surface area contributed by atoms with Crippen LogP contribution in [0, 0.1) is 17.3 Å². The second-order valence-electron chi connectivity index (χ2n) is 7.82. The monoisotopic (exact) mass is 361 g/mol. The summed E-state index contributed by atoms with van der Waals surface area (Å²) in [7, 11) is -4.00. The molecule has 5 nitrogen and oxygen atoms in total. The third-order valence-corrected chi connectivity index (χ3v) is 7.10. The first kappa shape index (κ1) is 16.8. The Hall–Kier alpha value is -1.66. The quantitative estimate of drug-likeness (QED) is 0.839. The molecule has 0 unspecified atom stereocenters. The highest BCUT2D eigenvalue weighted by Gasteiger charge is 2.51. The van der Waals surface area contributed by atoms with Crippen LogP contribution in [0.5, 0.6) is 5.75 Å². The number of aldehydes is 1. The number of fused-ring (bicyclic) bond motifs is 5. The molecule has 0 bridgehead atoms. The molecule has 0 amide bonds. The minimum atomic E-state index is -4.00. The van der Waals surface area contributed by atoms with Crippen molar-refractivity contribution in [1.29, 1.82) is 0 Å². The Morgan fingerprint density at radius 2 is 2.12 bits per heavy atom. The largest absolute Gasteiger partial charge is 0.380 e. The summed E-state index contributed by atoms with van der Waals surface area (Å²) in [4.78, 5) is 11.4. The Bertz CT molecular complexity index is 860. The third kappa shape index (κ3) is 2.72. The van der Waals surface area contributed by atoms with Crippen LogP contribution in [-0.2, 0) is 21.5 Å². The fraction of sp³-hybridized carbons (Fsp3) is 0.526. The Balaban J connectivity index is 1.63. The number of allylic oxidation sites excluding steroid dienone is 2. The molecule has 134 valence electrons. The Kier molecular flexibility index (Phi) is 3.81. The number of hydrogen-bond acceptors (Lipinski definition) is 4.